The minimum atomic E-state index is -0.849. The minimum absolute atomic E-state index is 0.0308. The Morgan fingerprint density at radius 3 is 2.75 bits per heavy atom. The Labute approximate surface area is 212 Å². The summed E-state index contributed by atoms with van der Waals surface area (Å²) in [5.41, 5.74) is 2.16. The molecule has 0 spiro atoms. The standard InChI is InChI=1S/C26H29FN4O4S/c1-15(2)35-21-13-23(36-22(21)7-8-25(32)33)19-12-24(30-14-29-19)28-9-10-31-16(3)11-17-20(34-4)6-5-18(27)26(17)31/h5-6,11-15H,7-10H2,1-4H3,(H,32,33)(H,28,29,30). The van der Waals surface area contributed by atoms with Crippen LogP contribution in [0.5, 0.6) is 11.5 Å². The fourth-order valence-corrected chi connectivity index (χ4v) is 5.14. The first-order valence-electron chi connectivity index (χ1n) is 11.7. The Morgan fingerprint density at radius 1 is 1.22 bits per heavy atom. The molecular formula is C26H29FN4O4S. The summed E-state index contributed by atoms with van der Waals surface area (Å²) in [4.78, 5) is 21.5. The molecule has 190 valence electrons. The molecule has 0 aliphatic heterocycles. The molecule has 10 heteroatoms. The van der Waals surface area contributed by atoms with Gasteiger partial charge in [-0.1, -0.05) is 0 Å². The van der Waals surface area contributed by atoms with E-state index in [-0.39, 0.29) is 18.3 Å². The average Bonchev–Trinajstić information content (AvgIpc) is 3.39. The predicted octanol–water partition coefficient (Wildman–Crippen LogP) is 5.53. The van der Waals surface area contributed by atoms with Crippen LogP contribution in [-0.4, -0.2) is 45.4 Å². The van der Waals surface area contributed by atoms with Crippen molar-refractivity contribution < 1.29 is 23.8 Å². The number of fused-ring (bicyclic) bond motifs is 1. The number of aryl methyl sites for hydroxylation is 2. The number of methoxy groups -OCH3 is 1. The van der Waals surface area contributed by atoms with Gasteiger partial charge in [-0.2, -0.15) is 0 Å². The van der Waals surface area contributed by atoms with E-state index in [9.17, 15) is 9.18 Å². The topological polar surface area (TPSA) is 98.5 Å². The van der Waals surface area contributed by atoms with Crippen molar-refractivity contribution in [2.24, 2.45) is 0 Å². The van der Waals surface area contributed by atoms with Gasteiger partial charge in [0.25, 0.3) is 0 Å². The van der Waals surface area contributed by atoms with Crippen molar-refractivity contribution >= 4 is 34.0 Å². The molecular weight excluding hydrogens is 483 g/mol. The summed E-state index contributed by atoms with van der Waals surface area (Å²) in [6.07, 6.45) is 1.88. The molecule has 0 unspecified atom stereocenters. The number of hydrogen-bond donors (Lipinski definition) is 2. The number of ether oxygens (including phenoxy) is 2. The maximum Gasteiger partial charge on any atom is 0.303 e. The van der Waals surface area contributed by atoms with Crippen molar-refractivity contribution in [3.8, 4) is 22.1 Å². The van der Waals surface area contributed by atoms with Gasteiger partial charge in [0.2, 0.25) is 0 Å². The normalized spacial score (nSPS) is 11.3. The predicted molar refractivity (Wildman–Crippen MR) is 139 cm³/mol. The Kier molecular flexibility index (Phi) is 7.73. The zero-order chi connectivity index (χ0) is 25.8. The summed E-state index contributed by atoms with van der Waals surface area (Å²) < 4.78 is 27.8. The van der Waals surface area contributed by atoms with Gasteiger partial charge in [0.05, 0.1) is 35.7 Å². The molecule has 8 nitrogen and oxygen atoms in total. The second-order valence-corrected chi connectivity index (χ2v) is 9.76. The molecule has 0 radical (unpaired) electrons. The number of rotatable bonds is 11. The van der Waals surface area contributed by atoms with Crippen LogP contribution in [0.1, 0.15) is 30.8 Å². The van der Waals surface area contributed by atoms with Crippen LogP contribution >= 0.6 is 11.3 Å². The number of aromatic nitrogens is 3. The van der Waals surface area contributed by atoms with Gasteiger partial charge in [0.1, 0.15) is 29.5 Å². The Morgan fingerprint density at radius 2 is 2.03 bits per heavy atom. The van der Waals surface area contributed by atoms with Crippen molar-refractivity contribution in [2.75, 3.05) is 19.0 Å². The van der Waals surface area contributed by atoms with Crippen LogP contribution in [0.3, 0.4) is 0 Å². The van der Waals surface area contributed by atoms with E-state index in [4.69, 9.17) is 14.6 Å². The number of anilines is 1. The highest BCUT2D eigenvalue weighted by Crippen LogP contribution is 2.37. The van der Waals surface area contributed by atoms with E-state index in [2.05, 4.69) is 15.3 Å². The highest BCUT2D eigenvalue weighted by Gasteiger charge is 2.17. The van der Waals surface area contributed by atoms with Gasteiger partial charge >= 0.3 is 5.97 Å². The lowest BCUT2D eigenvalue weighted by atomic mass is 10.2. The summed E-state index contributed by atoms with van der Waals surface area (Å²) in [5.74, 6) is 0.823. The van der Waals surface area contributed by atoms with Crippen molar-refractivity contribution in [1.82, 2.24) is 14.5 Å². The van der Waals surface area contributed by atoms with E-state index >= 15 is 0 Å². The number of benzene rings is 1. The fourth-order valence-electron chi connectivity index (χ4n) is 4.08. The van der Waals surface area contributed by atoms with E-state index in [0.717, 1.165) is 20.8 Å². The third-order valence-corrected chi connectivity index (χ3v) is 6.86. The van der Waals surface area contributed by atoms with Gasteiger partial charge in [-0.05, 0) is 45.4 Å². The Balaban J connectivity index is 1.51. The molecule has 0 aliphatic rings. The number of carboxylic acid groups (broad SMARTS) is 1. The fraction of sp³-hybridized carbons (Fsp3) is 0.346. The highest BCUT2D eigenvalue weighted by atomic mass is 32.1. The largest absolute Gasteiger partial charge is 0.496 e. The molecule has 4 aromatic rings. The van der Waals surface area contributed by atoms with Crippen molar-refractivity contribution in [3.63, 3.8) is 0 Å². The van der Waals surface area contributed by atoms with Crippen LogP contribution in [-0.2, 0) is 17.8 Å². The van der Waals surface area contributed by atoms with Crippen molar-refractivity contribution in [2.45, 2.75) is 46.3 Å². The van der Waals surface area contributed by atoms with Gasteiger partial charge < -0.3 is 24.5 Å². The molecule has 0 amide bonds. The second-order valence-electron chi connectivity index (χ2n) is 8.62. The van der Waals surface area contributed by atoms with Gasteiger partial charge in [-0.25, -0.2) is 14.4 Å². The number of nitrogens with zero attached hydrogens (tertiary/aromatic N) is 3. The first kappa shape index (κ1) is 25.4. The molecule has 3 heterocycles. The van der Waals surface area contributed by atoms with E-state index in [0.29, 0.717) is 48.0 Å². The third-order valence-electron chi connectivity index (χ3n) is 5.66. The minimum Gasteiger partial charge on any atom is -0.496 e. The van der Waals surface area contributed by atoms with Crippen LogP contribution in [0.25, 0.3) is 21.5 Å². The number of carboxylic acids is 1. The smallest absolute Gasteiger partial charge is 0.303 e. The van der Waals surface area contributed by atoms with Crippen LogP contribution in [0.4, 0.5) is 10.2 Å². The highest BCUT2D eigenvalue weighted by molar-refractivity contribution is 7.15. The second kappa shape index (κ2) is 10.9. The molecule has 1 aromatic carbocycles. The number of halogens is 1. The Bertz CT molecular complexity index is 1380. The van der Waals surface area contributed by atoms with E-state index < -0.39 is 5.97 Å². The first-order chi connectivity index (χ1) is 17.3. The maximum absolute atomic E-state index is 14.6. The number of carbonyl (C=O) groups is 1. The summed E-state index contributed by atoms with van der Waals surface area (Å²) in [7, 11) is 1.58. The maximum atomic E-state index is 14.6. The molecule has 0 saturated carbocycles. The molecule has 2 N–H and O–H groups in total. The van der Waals surface area contributed by atoms with Gasteiger partial charge in [-0.3, -0.25) is 4.79 Å². The lowest BCUT2D eigenvalue weighted by Gasteiger charge is -2.11. The summed E-state index contributed by atoms with van der Waals surface area (Å²) >= 11 is 1.47. The summed E-state index contributed by atoms with van der Waals surface area (Å²) in [6, 6.07) is 8.73. The van der Waals surface area contributed by atoms with E-state index in [1.54, 1.807) is 13.2 Å². The van der Waals surface area contributed by atoms with Gasteiger partial charge in [0, 0.05) is 41.2 Å². The van der Waals surface area contributed by atoms with E-state index in [1.165, 1.54) is 23.7 Å². The number of aliphatic carboxylic acids is 1. The van der Waals surface area contributed by atoms with Crippen LogP contribution < -0.4 is 14.8 Å². The third kappa shape index (κ3) is 5.59. The van der Waals surface area contributed by atoms with Crippen molar-refractivity contribution in [3.05, 3.63) is 53.0 Å². The van der Waals surface area contributed by atoms with Crippen LogP contribution in [0.15, 0.2) is 36.7 Å². The van der Waals surface area contributed by atoms with Crippen molar-refractivity contribution in [1.29, 1.82) is 0 Å². The molecule has 36 heavy (non-hydrogen) atoms. The SMILES string of the molecule is COc1ccc(F)c2c1cc(C)n2CCNc1cc(-c2cc(OC(C)C)c(CCC(=O)O)s2)ncn1. The zero-order valence-electron chi connectivity index (χ0n) is 20.7. The summed E-state index contributed by atoms with van der Waals surface area (Å²) in [5, 5.41) is 13.1. The summed E-state index contributed by atoms with van der Waals surface area (Å²) in [6.45, 7) is 6.86. The first-order valence-corrected chi connectivity index (χ1v) is 12.5. The monoisotopic (exact) mass is 512 g/mol. The molecule has 4 rings (SSSR count). The Hall–Kier alpha value is -3.66. The lowest BCUT2D eigenvalue weighted by Crippen LogP contribution is -2.12. The van der Waals surface area contributed by atoms with Gasteiger partial charge in [-0.15, -0.1) is 11.3 Å². The molecule has 0 atom stereocenters. The molecule has 3 aromatic heterocycles. The quantitative estimate of drug-likeness (QED) is 0.273. The van der Waals surface area contributed by atoms with Gasteiger partial charge in [0.15, 0.2) is 0 Å². The van der Waals surface area contributed by atoms with E-state index in [1.807, 2.05) is 43.5 Å². The number of nitrogens with one attached hydrogen (secondary N) is 1. The number of hydrogen-bond acceptors (Lipinski definition) is 7. The molecule has 0 aliphatic carbocycles. The molecule has 0 saturated heterocycles. The molecule has 0 fully saturated rings. The number of thiophene rings is 1. The lowest BCUT2D eigenvalue weighted by molar-refractivity contribution is -0.136. The molecule has 0 bridgehead atoms. The zero-order valence-corrected chi connectivity index (χ0v) is 21.5. The van der Waals surface area contributed by atoms with Crippen LogP contribution in [0.2, 0.25) is 0 Å². The van der Waals surface area contributed by atoms with Crippen LogP contribution in [0, 0.1) is 12.7 Å². The average molecular weight is 513 g/mol.